The minimum atomic E-state index is -1.33. The van der Waals surface area contributed by atoms with Crippen molar-refractivity contribution in [2.24, 2.45) is 0 Å². The van der Waals surface area contributed by atoms with Crippen LogP contribution in [0.2, 0.25) is 5.02 Å². The number of aryl methyl sites for hydroxylation is 2. The van der Waals surface area contributed by atoms with Crippen LogP contribution in [0.4, 0.5) is 5.69 Å². The third-order valence-corrected chi connectivity index (χ3v) is 3.59. The smallest absolute Gasteiger partial charge is 0.224 e. The lowest BCUT2D eigenvalue weighted by Crippen LogP contribution is -2.22. The van der Waals surface area contributed by atoms with Crippen LogP contribution in [0.1, 0.15) is 33.8 Å². The molecule has 2 aromatic rings. The van der Waals surface area contributed by atoms with Crippen LogP contribution in [-0.2, 0) is 11.2 Å². The summed E-state index contributed by atoms with van der Waals surface area (Å²) < 4.78 is 5.03. The standard InChI is InChI=1S/C15H15ClN2O4/c1-8-11(9(2)22-18-8)4-6-14(19)17-13-7-10(15(20)21)3-5-12(13)16/h3,5,7H,4,6H2,1-2H3,(H,17,19)(H,20,21)/p-1. The molecule has 1 aromatic heterocycles. The topological polar surface area (TPSA) is 95.3 Å². The van der Waals surface area contributed by atoms with E-state index in [1.165, 1.54) is 18.2 Å². The summed E-state index contributed by atoms with van der Waals surface area (Å²) in [5, 5.41) is 17.5. The Balaban J connectivity index is 2.03. The third kappa shape index (κ3) is 3.65. The summed E-state index contributed by atoms with van der Waals surface area (Å²) in [5.41, 5.74) is 1.84. The lowest BCUT2D eigenvalue weighted by atomic mass is 10.1. The molecular formula is C15H14ClN2O4-. The number of hydrogen-bond acceptors (Lipinski definition) is 5. The quantitative estimate of drug-likeness (QED) is 0.907. The Hall–Kier alpha value is -2.34. The lowest BCUT2D eigenvalue weighted by Gasteiger charge is -2.10. The molecule has 0 radical (unpaired) electrons. The third-order valence-electron chi connectivity index (χ3n) is 3.26. The van der Waals surface area contributed by atoms with Gasteiger partial charge in [0.25, 0.3) is 0 Å². The maximum atomic E-state index is 12.0. The van der Waals surface area contributed by atoms with Crippen molar-refractivity contribution >= 4 is 29.2 Å². The van der Waals surface area contributed by atoms with E-state index < -0.39 is 5.97 Å². The molecule has 7 heteroatoms. The Labute approximate surface area is 132 Å². The lowest BCUT2D eigenvalue weighted by molar-refractivity contribution is -0.255. The highest BCUT2D eigenvalue weighted by Gasteiger charge is 2.12. The zero-order valence-corrected chi connectivity index (χ0v) is 12.9. The molecule has 0 atom stereocenters. The fourth-order valence-corrected chi connectivity index (χ4v) is 2.22. The molecule has 22 heavy (non-hydrogen) atoms. The number of anilines is 1. The number of amides is 1. The van der Waals surface area contributed by atoms with E-state index in [2.05, 4.69) is 10.5 Å². The van der Waals surface area contributed by atoms with Gasteiger partial charge in [-0.15, -0.1) is 0 Å². The normalized spacial score (nSPS) is 10.5. The number of carboxylic acid groups (broad SMARTS) is 1. The number of hydrogen-bond donors (Lipinski definition) is 1. The fourth-order valence-electron chi connectivity index (χ4n) is 2.06. The first-order valence-corrected chi connectivity index (χ1v) is 6.98. The molecule has 0 bridgehead atoms. The highest BCUT2D eigenvalue weighted by molar-refractivity contribution is 6.33. The van der Waals surface area contributed by atoms with Gasteiger partial charge in [-0.1, -0.05) is 22.8 Å². The van der Waals surface area contributed by atoms with Crippen LogP contribution in [0.25, 0.3) is 0 Å². The zero-order valence-electron chi connectivity index (χ0n) is 12.1. The van der Waals surface area contributed by atoms with Gasteiger partial charge in [-0.2, -0.15) is 0 Å². The van der Waals surface area contributed by atoms with Crippen LogP contribution < -0.4 is 10.4 Å². The first-order valence-electron chi connectivity index (χ1n) is 6.61. The maximum absolute atomic E-state index is 12.0. The van der Waals surface area contributed by atoms with Crippen LogP contribution in [0, 0.1) is 13.8 Å². The Morgan fingerprint density at radius 1 is 1.36 bits per heavy atom. The van der Waals surface area contributed by atoms with Crippen molar-refractivity contribution in [2.75, 3.05) is 5.32 Å². The second kappa shape index (κ2) is 6.62. The largest absolute Gasteiger partial charge is 0.545 e. The summed E-state index contributed by atoms with van der Waals surface area (Å²) in [7, 11) is 0. The first kappa shape index (κ1) is 16.0. The molecule has 0 spiro atoms. The molecule has 0 unspecified atom stereocenters. The number of carboxylic acids is 1. The Morgan fingerprint density at radius 3 is 2.68 bits per heavy atom. The molecule has 6 nitrogen and oxygen atoms in total. The molecule has 0 saturated carbocycles. The minimum Gasteiger partial charge on any atom is -0.545 e. The first-order chi connectivity index (χ1) is 10.4. The minimum absolute atomic E-state index is 0.0505. The fraction of sp³-hybridized carbons (Fsp3) is 0.267. The van der Waals surface area contributed by atoms with Crippen LogP contribution in [0.3, 0.4) is 0 Å². The summed E-state index contributed by atoms with van der Waals surface area (Å²) in [4.78, 5) is 22.8. The number of halogens is 1. The zero-order chi connectivity index (χ0) is 16.3. The van der Waals surface area contributed by atoms with Crippen molar-refractivity contribution in [2.45, 2.75) is 26.7 Å². The van der Waals surface area contributed by atoms with Crippen LogP contribution in [-0.4, -0.2) is 17.0 Å². The molecule has 0 fully saturated rings. The van der Waals surface area contributed by atoms with Crippen molar-refractivity contribution in [3.63, 3.8) is 0 Å². The van der Waals surface area contributed by atoms with E-state index in [1.807, 2.05) is 6.92 Å². The second-order valence-electron chi connectivity index (χ2n) is 4.83. The average molecular weight is 322 g/mol. The number of aromatic carboxylic acids is 1. The highest BCUT2D eigenvalue weighted by atomic mass is 35.5. The van der Waals surface area contributed by atoms with Crippen LogP contribution in [0.15, 0.2) is 22.7 Å². The molecular weight excluding hydrogens is 308 g/mol. The number of nitrogens with one attached hydrogen (secondary N) is 1. The van der Waals surface area contributed by atoms with Gasteiger partial charge < -0.3 is 19.7 Å². The van der Waals surface area contributed by atoms with E-state index in [4.69, 9.17) is 16.1 Å². The number of benzene rings is 1. The summed E-state index contributed by atoms with van der Waals surface area (Å²) in [5.74, 6) is -0.928. The van der Waals surface area contributed by atoms with Crippen LogP contribution >= 0.6 is 11.6 Å². The Kier molecular flexibility index (Phi) is 4.82. The van der Waals surface area contributed by atoms with E-state index >= 15 is 0 Å². The van der Waals surface area contributed by atoms with Crippen molar-refractivity contribution in [3.8, 4) is 0 Å². The average Bonchev–Trinajstić information content (AvgIpc) is 2.78. The number of aromatic nitrogens is 1. The summed E-state index contributed by atoms with van der Waals surface area (Å²) in [6.07, 6.45) is 0.680. The molecule has 116 valence electrons. The van der Waals surface area contributed by atoms with Crippen molar-refractivity contribution in [1.82, 2.24) is 5.16 Å². The Bertz CT molecular complexity index is 705. The molecule has 1 heterocycles. The van der Waals surface area contributed by atoms with Crippen LogP contribution in [0.5, 0.6) is 0 Å². The molecule has 1 aromatic carbocycles. The predicted octanol–water partition coefficient (Wildman–Crippen LogP) is 1.88. The summed E-state index contributed by atoms with van der Waals surface area (Å²) in [6, 6.07) is 3.99. The maximum Gasteiger partial charge on any atom is 0.224 e. The Morgan fingerprint density at radius 2 is 2.09 bits per heavy atom. The van der Waals surface area contributed by atoms with E-state index in [0.717, 1.165) is 11.3 Å². The number of carbonyl (C=O) groups is 2. The SMILES string of the molecule is Cc1noc(C)c1CCC(=O)Nc1cc(C(=O)[O-])ccc1Cl. The summed E-state index contributed by atoms with van der Waals surface area (Å²) in [6.45, 7) is 3.59. The molecule has 1 amide bonds. The highest BCUT2D eigenvalue weighted by Crippen LogP contribution is 2.23. The van der Waals surface area contributed by atoms with Gasteiger partial charge in [0.2, 0.25) is 5.91 Å². The number of nitrogens with zero attached hydrogens (tertiary/aromatic N) is 1. The van der Waals surface area contributed by atoms with Crippen molar-refractivity contribution < 1.29 is 19.2 Å². The molecule has 0 saturated heterocycles. The molecule has 2 rings (SSSR count). The van der Waals surface area contributed by atoms with Gasteiger partial charge in [0.15, 0.2) is 0 Å². The van der Waals surface area contributed by atoms with Crippen molar-refractivity contribution in [1.29, 1.82) is 0 Å². The van der Waals surface area contributed by atoms with E-state index in [9.17, 15) is 14.7 Å². The van der Waals surface area contributed by atoms with Gasteiger partial charge in [-0.3, -0.25) is 4.79 Å². The van der Waals surface area contributed by atoms with Gasteiger partial charge >= 0.3 is 0 Å². The predicted molar refractivity (Wildman–Crippen MR) is 78.7 cm³/mol. The molecule has 0 aliphatic heterocycles. The monoisotopic (exact) mass is 321 g/mol. The van der Waals surface area contributed by atoms with E-state index in [0.29, 0.717) is 12.2 Å². The van der Waals surface area contributed by atoms with Gasteiger partial charge in [0.05, 0.1) is 22.4 Å². The number of rotatable bonds is 5. The van der Waals surface area contributed by atoms with Gasteiger partial charge in [-0.25, -0.2) is 0 Å². The van der Waals surface area contributed by atoms with Gasteiger partial charge in [-0.05, 0) is 38.0 Å². The van der Waals surface area contributed by atoms with E-state index in [-0.39, 0.29) is 28.6 Å². The van der Waals surface area contributed by atoms with E-state index in [1.54, 1.807) is 6.92 Å². The summed E-state index contributed by atoms with van der Waals surface area (Å²) >= 11 is 5.94. The van der Waals surface area contributed by atoms with Gasteiger partial charge in [0, 0.05) is 12.0 Å². The number of carbonyl (C=O) groups excluding carboxylic acids is 2. The molecule has 0 aliphatic rings. The molecule has 0 aliphatic carbocycles. The molecule has 1 N–H and O–H groups in total. The van der Waals surface area contributed by atoms with Crippen molar-refractivity contribution in [3.05, 3.63) is 45.8 Å². The van der Waals surface area contributed by atoms with Gasteiger partial charge in [0.1, 0.15) is 5.76 Å². The second-order valence-corrected chi connectivity index (χ2v) is 5.24.